The van der Waals surface area contributed by atoms with E-state index in [2.05, 4.69) is 42.7 Å². The standard InChI is InChI=1S/C20H24N2O2/c1-14-3-6-19(9-15(14)2)24-8-7-20(23)22-11-16-4-5-17-12-21-13-18(17)10-16/h3-6,9-10,21H,7-8,11-13H2,1-2H3,(H,22,23). The van der Waals surface area contributed by atoms with Crippen molar-refractivity contribution < 1.29 is 9.53 Å². The molecule has 1 aliphatic rings. The lowest BCUT2D eigenvalue weighted by molar-refractivity contribution is -0.121. The number of carbonyl (C=O) groups excluding carboxylic acids is 1. The molecule has 0 saturated heterocycles. The van der Waals surface area contributed by atoms with Gasteiger partial charge in [0, 0.05) is 19.6 Å². The highest BCUT2D eigenvalue weighted by molar-refractivity contribution is 5.76. The predicted octanol–water partition coefficient (Wildman–Crippen LogP) is 2.99. The van der Waals surface area contributed by atoms with E-state index in [1.54, 1.807) is 0 Å². The number of aryl methyl sites for hydroxylation is 2. The van der Waals surface area contributed by atoms with Crippen LogP contribution in [0.25, 0.3) is 0 Å². The van der Waals surface area contributed by atoms with Crippen molar-refractivity contribution in [1.29, 1.82) is 0 Å². The van der Waals surface area contributed by atoms with Gasteiger partial charge in [0.1, 0.15) is 5.75 Å². The molecule has 0 saturated carbocycles. The molecule has 0 radical (unpaired) electrons. The van der Waals surface area contributed by atoms with Gasteiger partial charge in [0.05, 0.1) is 13.0 Å². The Morgan fingerprint density at radius 2 is 1.92 bits per heavy atom. The van der Waals surface area contributed by atoms with Crippen LogP contribution in [0.5, 0.6) is 5.75 Å². The van der Waals surface area contributed by atoms with Crippen LogP contribution in [-0.4, -0.2) is 12.5 Å². The quantitative estimate of drug-likeness (QED) is 0.859. The van der Waals surface area contributed by atoms with Crippen molar-refractivity contribution in [2.45, 2.75) is 39.9 Å². The second kappa shape index (κ2) is 7.49. The van der Waals surface area contributed by atoms with Gasteiger partial charge in [0.15, 0.2) is 0 Å². The zero-order valence-corrected chi connectivity index (χ0v) is 14.3. The van der Waals surface area contributed by atoms with E-state index in [0.29, 0.717) is 19.6 Å². The van der Waals surface area contributed by atoms with Crippen LogP contribution >= 0.6 is 0 Å². The second-order valence-electron chi connectivity index (χ2n) is 6.33. The molecule has 2 N–H and O–H groups in total. The third-order valence-corrected chi connectivity index (χ3v) is 4.47. The molecule has 3 rings (SSSR count). The first-order chi connectivity index (χ1) is 11.6. The van der Waals surface area contributed by atoms with E-state index in [0.717, 1.165) is 24.4 Å². The summed E-state index contributed by atoms with van der Waals surface area (Å²) in [6, 6.07) is 12.4. The lowest BCUT2D eigenvalue weighted by Gasteiger charge is -2.09. The van der Waals surface area contributed by atoms with Crippen LogP contribution in [0.3, 0.4) is 0 Å². The third-order valence-electron chi connectivity index (χ3n) is 4.47. The highest BCUT2D eigenvalue weighted by atomic mass is 16.5. The monoisotopic (exact) mass is 324 g/mol. The van der Waals surface area contributed by atoms with Crippen LogP contribution < -0.4 is 15.4 Å². The van der Waals surface area contributed by atoms with E-state index in [1.165, 1.54) is 22.3 Å². The van der Waals surface area contributed by atoms with Crippen molar-refractivity contribution in [2.75, 3.05) is 6.61 Å². The molecule has 0 fully saturated rings. The van der Waals surface area contributed by atoms with Gasteiger partial charge >= 0.3 is 0 Å². The van der Waals surface area contributed by atoms with Crippen molar-refractivity contribution in [3.63, 3.8) is 0 Å². The summed E-state index contributed by atoms with van der Waals surface area (Å²) >= 11 is 0. The molecule has 0 spiro atoms. The largest absolute Gasteiger partial charge is 0.493 e. The van der Waals surface area contributed by atoms with Crippen LogP contribution in [-0.2, 0) is 24.4 Å². The Morgan fingerprint density at radius 3 is 2.75 bits per heavy atom. The normalized spacial score (nSPS) is 12.8. The smallest absolute Gasteiger partial charge is 0.223 e. The van der Waals surface area contributed by atoms with Crippen LogP contribution in [0.4, 0.5) is 0 Å². The number of hydrogen-bond donors (Lipinski definition) is 2. The minimum Gasteiger partial charge on any atom is -0.493 e. The zero-order valence-electron chi connectivity index (χ0n) is 14.3. The van der Waals surface area contributed by atoms with Gasteiger partial charge in [0.2, 0.25) is 5.91 Å². The van der Waals surface area contributed by atoms with Crippen LogP contribution in [0.2, 0.25) is 0 Å². The maximum Gasteiger partial charge on any atom is 0.223 e. The molecule has 1 heterocycles. The van der Waals surface area contributed by atoms with Gasteiger partial charge in [-0.05, 0) is 53.8 Å². The molecule has 0 bridgehead atoms. The minimum atomic E-state index is 0.0115. The highest BCUT2D eigenvalue weighted by Gasteiger charge is 2.10. The molecule has 1 aliphatic heterocycles. The number of nitrogens with one attached hydrogen (secondary N) is 2. The van der Waals surface area contributed by atoms with E-state index in [-0.39, 0.29) is 5.91 Å². The van der Waals surface area contributed by atoms with Crippen LogP contribution in [0.15, 0.2) is 36.4 Å². The molecule has 2 aromatic carbocycles. The summed E-state index contributed by atoms with van der Waals surface area (Å²) in [6.45, 7) is 6.94. The molecule has 0 atom stereocenters. The molecule has 0 aromatic heterocycles. The Hall–Kier alpha value is -2.33. The summed E-state index contributed by atoms with van der Waals surface area (Å²) in [7, 11) is 0. The van der Waals surface area contributed by atoms with Gasteiger partial charge in [-0.3, -0.25) is 4.79 Å². The topological polar surface area (TPSA) is 50.4 Å². The predicted molar refractivity (Wildman–Crippen MR) is 94.9 cm³/mol. The molecule has 1 amide bonds. The Morgan fingerprint density at radius 1 is 1.08 bits per heavy atom. The molecule has 2 aromatic rings. The van der Waals surface area contributed by atoms with E-state index in [4.69, 9.17) is 4.74 Å². The summed E-state index contributed by atoms with van der Waals surface area (Å²) in [5, 5.41) is 6.28. The average molecular weight is 324 g/mol. The first-order valence-electron chi connectivity index (χ1n) is 8.40. The number of hydrogen-bond acceptors (Lipinski definition) is 3. The van der Waals surface area contributed by atoms with E-state index >= 15 is 0 Å². The Balaban J connectivity index is 1.42. The van der Waals surface area contributed by atoms with Crippen molar-refractivity contribution in [3.8, 4) is 5.75 Å². The Kier molecular flexibility index (Phi) is 5.16. The Bertz CT molecular complexity index is 740. The van der Waals surface area contributed by atoms with Crippen molar-refractivity contribution >= 4 is 5.91 Å². The van der Waals surface area contributed by atoms with E-state index < -0.39 is 0 Å². The van der Waals surface area contributed by atoms with Gasteiger partial charge in [-0.15, -0.1) is 0 Å². The summed E-state index contributed by atoms with van der Waals surface area (Å²) < 4.78 is 5.66. The average Bonchev–Trinajstić information content (AvgIpc) is 3.04. The molecule has 0 unspecified atom stereocenters. The highest BCUT2D eigenvalue weighted by Crippen LogP contribution is 2.17. The molecular formula is C20H24N2O2. The van der Waals surface area contributed by atoms with Crippen LogP contribution in [0, 0.1) is 13.8 Å². The van der Waals surface area contributed by atoms with Gasteiger partial charge in [0.25, 0.3) is 0 Å². The van der Waals surface area contributed by atoms with Gasteiger partial charge in [-0.1, -0.05) is 24.3 Å². The summed E-state index contributed by atoms with van der Waals surface area (Å²) in [5.74, 6) is 0.828. The maximum absolute atomic E-state index is 12.0. The molecule has 4 heteroatoms. The molecule has 126 valence electrons. The fourth-order valence-electron chi connectivity index (χ4n) is 2.81. The summed E-state index contributed by atoms with van der Waals surface area (Å²) in [6.07, 6.45) is 0.361. The minimum absolute atomic E-state index is 0.0115. The van der Waals surface area contributed by atoms with Crippen molar-refractivity contribution in [3.05, 3.63) is 64.2 Å². The fraction of sp³-hybridized carbons (Fsp3) is 0.350. The lowest BCUT2D eigenvalue weighted by Crippen LogP contribution is -2.24. The number of benzene rings is 2. The number of ether oxygens (including phenoxy) is 1. The van der Waals surface area contributed by atoms with E-state index in [9.17, 15) is 4.79 Å². The van der Waals surface area contributed by atoms with Gasteiger partial charge in [-0.25, -0.2) is 0 Å². The summed E-state index contributed by atoms with van der Waals surface area (Å²) in [4.78, 5) is 12.0. The molecule has 4 nitrogen and oxygen atoms in total. The van der Waals surface area contributed by atoms with Gasteiger partial charge in [-0.2, -0.15) is 0 Å². The first kappa shape index (κ1) is 16.5. The number of carbonyl (C=O) groups is 1. The number of amides is 1. The van der Waals surface area contributed by atoms with Crippen LogP contribution in [0.1, 0.15) is 34.2 Å². The maximum atomic E-state index is 12.0. The Labute approximate surface area is 143 Å². The first-order valence-corrected chi connectivity index (χ1v) is 8.40. The molecule has 24 heavy (non-hydrogen) atoms. The third kappa shape index (κ3) is 4.15. The lowest BCUT2D eigenvalue weighted by atomic mass is 10.1. The number of rotatable bonds is 6. The van der Waals surface area contributed by atoms with Gasteiger partial charge < -0.3 is 15.4 Å². The zero-order chi connectivity index (χ0) is 16.9. The molecular weight excluding hydrogens is 300 g/mol. The fourth-order valence-corrected chi connectivity index (χ4v) is 2.81. The summed E-state index contributed by atoms with van der Waals surface area (Å²) in [5.41, 5.74) is 6.26. The van der Waals surface area contributed by atoms with E-state index in [1.807, 2.05) is 18.2 Å². The van der Waals surface area contributed by atoms with Crippen molar-refractivity contribution in [2.24, 2.45) is 0 Å². The number of fused-ring (bicyclic) bond motifs is 1. The molecule has 0 aliphatic carbocycles. The second-order valence-corrected chi connectivity index (χ2v) is 6.33. The SMILES string of the molecule is Cc1ccc(OCCC(=O)NCc2ccc3c(c2)CNC3)cc1C. The van der Waals surface area contributed by atoms with Crippen molar-refractivity contribution in [1.82, 2.24) is 10.6 Å².